The van der Waals surface area contributed by atoms with Gasteiger partial charge in [0.05, 0.1) is 24.1 Å². The molecule has 0 aliphatic carbocycles. The Morgan fingerprint density at radius 2 is 1.92 bits per heavy atom. The highest BCUT2D eigenvalue weighted by atomic mass is 32.1. The van der Waals surface area contributed by atoms with Gasteiger partial charge in [-0.2, -0.15) is 0 Å². The summed E-state index contributed by atoms with van der Waals surface area (Å²) in [6, 6.07) is 18.7. The normalized spacial score (nSPS) is 15.5. The summed E-state index contributed by atoms with van der Waals surface area (Å²) in [4.78, 5) is 41.9. The minimum Gasteiger partial charge on any atom is -0.494 e. The van der Waals surface area contributed by atoms with Crippen molar-refractivity contribution in [3.05, 3.63) is 82.6 Å². The molecule has 0 saturated carbocycles. The van der Waals surface area contributed by atoms with Crippen molar-refractivity contribution in [2.24, 2.45) is 0 Å². The van der Waals surface area contributed by atoms with Gasteiger partial charge < -0.3 is 20.1 Å². The van der Waals surface area contributed by atoms with Crippen molar-refractivity contribution < 1.29 is 23.9 Å². The van der Waals surface area contributed by atoms with Crippen molar-refractivity contribution in [2.45, 2.75) is 31.9 Å². The molecule has 0 unspecified atom stereocenters. The predicted molar refractivity (Wildman–Crippen MR) is 143 cm³/mol. The Labute approximate surface area is 220 Å². The van der Waals surface area contributed by atoms with E-state index >= 15 is 0 Å². The number of nitrogens with zero attached hydrogens (tertiary/aromatic N) is 1. The van der Waals surface area contributed by atoms with Gasteiger partial charge in [0.1, 0.15) is 11.8 Å². The lowest BCUT2D eigenvalue weighted by molar-refractivity contribution is -0.126. The third-order valence-electron chi connectivity index (χ3n) is 5.97. The van der Waals surface area contributed by atoms with Gasteiger partial charge in [0.15, 0.2) is 0 Å². The molecule has 1 aliphatic rings. The molecule has 4 rings (SSSR count). The van der Waals surface area contributed by atoms with Crippen molar-refractivity contribution in [3.63, 3.8) is 0 Å². The molecule has 8 nitrogen and oxygen atoms in total. The van der Waals surface area contributed by atoms with Crippen molar-refractivity contribution in [3.8, 4) is 5.75 Å². The first-order valence-corrected chi connectivity index (χ1v) is 13.3. The Kier molecular flexibility index (Phi) is 9.29. The van der Waals surface area contributed by atoms with Gasteiger partial charge in [-0.05, 0) is 48.9 Å². The van der Waals surface area contributed by atoms with Gasteiger partial charge in [0.2, 0.25) is 11.8 Å². The van der Waals surface area contributed by atoms with Crippen LogP contribution in [0, 0.1) is 0 Å². The minimum atomic E-state index is -0.967. The van der Waals surface area contributed by atoms with Crippen LogP contribution in [0.1, 0.15) is 41.0 Å². The maximum Gasteiger partial charge on any atom is 0.261 e. The lowest BCUT2D eigenvalue weighted by atomic mass is 10.0. The van der Waals surface area contributed by atoms with E-state index in [9.17, 15) is 14.4 Å². The van der Waals surface area contributed by atoms with Crippen molar-refractivity contribution in [1.82, 2.24) is 10.6 Å². The Morgan fingerprint density at radius 1 is 1.08 bits per heavy atom. The molecule has 0 spiro atoms. The largest absolute Gasteiger partial charge is 0.494 e. The molecule has 1 aliphatic heterocycles. The number of ether oxygens (including phenoxy) is 2. The van der Waals surface area contributed by atoms with Gasteiger partial charge in [-0.1, -0.05) is 42.5 Å². The van der Waals surface area contributed by atoms with E-state index < -0.39 is 11.9 Å². The quantitative estimate of drug-likeness (QED) is 0.398. The number of thiophene rings is 1. The zero-order chi connectivity index (χ0) is 26.0. The Hall–Kier alpha value is -3.69. The first-order valence-electron chi connectivity index (χ1n) is 12.4. The summed E-state index contributed by atoms with van der Waals surface area (Å²) in [5.74, 6) is -0.529. The zero-order valence-electron chi connectivity index (χ0n) is 20.7. The predicted octanol–water partition coefficient (Wildman–Crippen LogP) is 3.95. The summed E-state index contributed by atoms with van der Waals surface area (Å²) in [5, 5.41) is 7.47. The highest BCUT2D eigenvalue weighted by Gasteiger charge is 2.33. The summed E-state index contributed by atoms with van der Waals surface area (Å²) in [6.45, 7) is 3.09. The molecule has 0 bridgehead atoms. The second kappa shape index (κ2) is 13.0. The number of carbonyl (C=O) groups is 3. The van der Waals surface area contributed by atoms with Crippen LogP contribution in [0.4, 0.5) is 5.69 Å². The third-order valence-corrected chi connectivity index (χ3v) is 6.84. The summed E-state index contributed by atoms with van der Waals surface area (Å²) >= 11 is 1.29. The van der Waals surface area contributed by atoms with Crippen molar-refractivity contribution >= 4 is 34.7 Å². The highest BCUT2D eigenvalue weighted by Crippen LogP contribution is 2.30. The van der Waals surface area contributed by atoms with Crippen LogP contribution in [0.3, 0.4) is 0 Å². The summed E-state index contributed by atoms with van der Waals surface area (Å²) in [5.41, 5.74) is 1.13. The lowest BCUT2D eigenvalue weighted by Gasteiger charge is -2.32. The van der Waals surface area contributed by atoms with Crippen molar-refractivity contribution in [2.75, 3.05) is 31.2 Å². The van der Waals surface area contributed by atoms with Gasteiger partial charge in [-0.15, -0.1) is 11.3 Å². The molecular weight excluding hydrogens is 490 g/mol. The van der Waals surface area contributed by atoms with Crippen LogP contribution in [0.15, 0.2) is 72.1 Å². The summed E-state index contributed by atoms with van der Waals surface area (Å²) in [7, 11) is 0. The molecule has 2 heterocycles. The van der Waals surface area contributed by atoms with Crippen LogP contribution >= 0.6 is 11.3 Å². The van der Waals surface area contributed by atoms with E-state index in [2.05, 4.69) is 10.6 Å². The zero-order valence-corrected chi connectivity index (χ0v) is 21.5. The number of amides is 3. The second-order valence-electron chi connectivity index (χ2n) is 8.55. The molecule has 0 radical (unpaired) electrons. The standard InChI is InChI=1S/C28H31N3O5S/c1-2-35-22-12-6-11-21(17-22)31(25(32)19-30-27(33)24-14-8-16-37-24)26(20-9-4-3-5-10-20)28(34)29-18-23-13-7-15-36-23/h3-6,8-12,14,16-17,23,26H,2,7,13,15,18-19H2,1H3,(H,29,34)(H,30,33)/t23-,26-/m1/s1. The molecule has 1 saturated heterocycles. The van der Waals surface area contributed by atoms with E-state index in [0.717, 1.165) is 12.8 Å². The number of nitrogens with one attached hydrogen (secondary N) is 2. The third kappa shape index (κ3) is 6.96. The fraction of sp³-hybridized carbons (Fsp3) is 0.321. The molecule has 37 heavy (non-hydrogen) atoms. The van der Waals surface area contributed by atoms with Gasteiger partial charge in [-0.25, -0.2) is 0 Å². The van der Waals surface area contributed by atoms with Crippen LogP contribution in [0.25, 0.3) is 0 Å². The molecule has 1 aromatic heterocycles. The molecule has 2 N–H and O–H groups in total. The van der Waals surface area contributed by atoms with Crippen LogP contribution in [-0.2, 0) is 14.3 Å². The number of rotatable bonds is 11. The molecule has 3 amide bonds. The van der Waals surface area contributed by atoms with Crippen LogP contribution in [-0.4, -0.2) is 50.1 Å². The maximum atomic E-state index is 13.7. The van der Waals surface area contributed by atoms with Crippen molar-refractivity contribution in [1.29, 1.82) is 0 Å². The monoisotopic (exact) mass is 521 g/mol. The number of benzene rings is 2. The fourth-order valence-corrected chi connectivity index (χ4v) is 4.87. The van der Waals surface area contributed by atoms with Crippen LogP contribution < -0.4 is 20.3 Å². The number of carbonyl (C=O) groups excluding carboxylic acids is 3. The first kappa shape index (κ1) is 26.4. The Morgan fingerprint density at radius 3 is 2.62 bits per heavy atom. The van der Waals surface area contributed by atoms with E-state index in [1.54, 1.807) is 41.8 Å². The van der Waals surface area contributed by atoms with Crippen LogP contribution in [0.2, 0.25) is 0 Å². The average Bonchev–Trinajstić information content (AvgIpc) is 3.64. The molecular formula is C28H31N3O5S. The molecule has 2 aromatic carbocycles. The van der Waals surface area contributed by atoms with E-state index in [0.29, 0.717) is 41.6 Å². The van der Waals surface area contributed by atoms with Gasteiger partial charge >= 0.3 is 0 Å². The minimum absolute atomic E-state index is 0.0455. The molecule has 9 heteroatoms. The molecule has 1 fully saturated rings. The van der Waals surface area contributed by atoms with E-state index in [1.807, 2.05) is 37.3 Å². The fourth-order valence-electron chi connectivity index (χ4n) is 4.23. The number of hydrogen-bond acceptors (Lipinski definition) is 6. The summed E-state index contributed by atoms with van der Waals surface area (Å²) in [6.07, 6.45) is 1.79. The topological polar surface area (TPSA) is 97.0 Å². The number of anilines is 1. The van der Waals surface area contributed by atoms with E-state index in [1.165, 1.54) is 16.2 Å². The number of hydrogen-bond donors (Lipinski definition) is 2. The van der Waals surface area contributed by atoms with E-state index in [-0.39, 0.29) is 24.5 Å². The van der Waals surface area contributed by atoms with Gasteiger partial charge in [0.25, 0.3) is 5.91 Å². The maximum absolute atomic E-state index is 13.7. The Bertz CT molecular complexity index is 1180. The molecule has 194 valence electrons. The summed E-state index contributed by atoms with van der Waals surface area (Å²) < 4.78 is 11.3. The molecule has 2 atom stereocenters. The Balaban J connectivity index is 1.65. The second-order valence-corrected chi connectivity index (χ2v) is 9.50. The van der Waals surface area contributed by atoms with Gasteiger partial charge in [-0.3, -0.25) is 19.3 Å². The average molecular weight is 522 g/mol. The van der Waals surface area contributed by atoms with Crippen LogP contribution in [0.5, 0.6) is 5.75 Å². The molecule has 3 aromatic rings. The highest BCUT2D eigenvalue weighted by molar-refractivity contribution is 7.12. The van der Waals surface area contributed by atoms with Gasteiger partial charge in [0, 0.05) is 24.9 Å². The SMILES string of the molecule is CCOc1cccc(N(C(=O)CNC(=O)c2cccs2)[C@@H](C(=O)NC[C@H]2CCCO2)c2ccccc2)c1. The van der Waals surface area contributed by atoms with E-state index in [4.69, 9.17) is 9.47 Å². The lowest BCUT2D eigenvalue weighted by Crippen LogP contribution is -2.48. The first-order chi connectivity index (χ1) is 18.1. The smallest absolute Gasteiger partial charge is 0.261 e.